The zero-order valence-corrected chi connectivity index (χ0v) is 16.7. The highest BCUT2D eigenvalue weighted by Crippen LogP contribution is 2.14. The summed E-state index contributed by atoms with van der Waals surface area (Å²) in [5.41, 5.74) is 2.40. The molecular weight excluding hydrogens is 356 g/mol. The van der Waals surface area contributed by atoms with Crippen molar-refractivity contribution in [2.45, 2.75) is 20.3 Å². The molecule has 0 aliphatic rings. The molecule has 2 rings (SSSR count). The SMILES string of the molecule is CC(C)CC(=O)Nc1ccc(C(=O)COC(=O)c2ccc(N(C)C)cc2)cc1. The largest absolute Gasteiger partial charge is 0.454 e. The quantitative estimate of drug-likeness (QED) is 0.555. The standard InChI is InChI=1S/C22H26N2O4/c1-15(2)13-21(26)23-18-9-5-16(6-10-18)20(25)14-28-22(27)17-7-11-19(12-8-17)24(3)4/h5-12,15H,13-14H2,1-4H3,(H,23,26). The number of hydrogen-bond donors (Lipinski definition) is 1. The van der Waals surface area contributed by atoms with Gasteiger partial charge in [0.2, 0.25) is 5.91 Å². The van der Waals surface area contributed by atoms with Crippen LogP contribution in [0.4, 0.5) is 11.4 Å². The summed E-state index contributed by atoms with van der Waals surface area (Å²) in [4.78, 5) is 38.0. The van der Waals surface area contributed by atoms with Crippen molar-refractivity contribution in [2.75, 3.05) is 30.9 Å². The number of nitrogens with one attached hydrogen (secondary N) is 1. The molecule has 0 spiro atoms. The van der Waals surface area contributed by atoms with Crippen molar-refractivity contribution in [3.05, 3.63) is 59.7 Å². The molecule has 6 nitrogen and oxygen atoms in total. The van der Waals surface area contributed by atoms with Gasteiger partial charge in [0.05, 0.1) is 5.56 Å². The third kappa shape index (κ3) is 6.23. The number of anilines is 2. The van der Waals surface area contributed by atoms with Gasteiger partial charge in [-0.1, -0.05) is 13.8 Å². The summed E-state index contributed by atoms with van der Waals surface area (Å²) in [7, 11) is 3.82. The van der Waals surface area contributed by atoms with E-state index in [0.717, 1.165) is 5.69 Å². The lowest BCUT2D eigenvalue weighted by Gasteiger charge is -2.12. The van der Waals surface area contributed by atoms with E-state index >= 15 is 0 Å². The first-order valence-electron chi connectivity index (χ1n) is 9.14. The van der Waals surface area contributed by atoms with Gasteiger partial charge in [-0.3, -0.25) is 9.59 Å². The third-order valence-corrected chi connectivity index (χ3v) is 4.04. The van der Waals surface area contributed by atoms with Crippen LogP contribution in [0.3, 0.4) is 0 Å². The molecule has 2 aromatic carbocycles. The fraction of sp³-hybridized carbons (Fsp3) is 0.318. The van der Waals surface area contributed by atoms with Gasteiger partial charge in [0, 0.05) is 37.5 Å². The van der Waals surface area contributed by atoms with Crippen LogP contribution < -0.4 is 10.2 Å². The van der Waals surface area contributed by atoms with Gasteiger partial charge in [-0.2, -0.15) is 0 Å². The first-order valence-corrected chi connectivity index (χ1v) is 9.14. The fourth-order valence-electron chi connectivity index (χ4n) is 2.52. The van der Waals surface area contributed by atoms with Crippen molar-refractivity contribution >= 4 is 29.0 Å². The fourth-order valence-corrected chi connectivity index (χ4v) is 2.52. The van der Waals surface area contributed by atoms with Crippen molar-refractivity contribution in [1.29, 1.82) is 0 Å². The summed E-state index contributed by atoms with van der Waals surface area (Å²) >= 11 is 0. The monoisotopic (exact) mass is 382 g/mol. The van der Waals surface area contributed by atoms with Crippen molar-refractivity contribution in [3.63, 3.8) is 0 Å². The van der Waals surface area contributed by atoms with Gasteiger partial charge >= 0.3 is 5.97 Å². The lowest BCUT2D eigenvalue weighted by Crippen LogP contribution is -2.15. The Balaban J connectivity index is 1.88. The van der Waals surface area contributed by atoms with Crippen LogP contribution in [0.1, 0.15) is 41.0 Å². The first kappa shape index (κ1) is 21.2. The summed E-state index contributed by atoms with van der Waals surface area (Å²) < 4.78 is 5.11. The van der Waals surface area contributed by atoms with E-state index in [1.54, 1.807) is 36.4 Å². The molecule has 0 aliphatic heterocycles. The summed E-state index contributed by atoms with van der Waals surface area (Å²) in [6.07, 6.45) is 0.437. The maximum Gasteiger partial charge on any atom is 0.338 e. The molecule has 28 heavy (non-hydrogen) atoms. The molecule has 2 aromatic rings. The van der Waals surface area contributed by atoms with Crippen LogP contribution in [0.15, 0.2) is 48.5 Å². The average molecular weight is 382 g/mol. The Morgan fingerprint density at radius 3 is 2.04 bits per heavy atom. The average Bonchev–Trinajstić information content (AvgIpc) is 2.65. The Morgan fingerprint density at radius 2 is 1.50 bits per heavy atom. The van der Waals surface area contributed by atoms with E-state index < -0.39 is 5.97 Å². The topological polar surface area (TPSA) is 75.7 Å². The number of hydrogen-bond acceptors (Lipinski definition) is 5. The second-order valence-electron chi connectivity index (χ2n) is 7.16. The van der Waals surface area contributed by atoms with Crippen molar-refractivity contribution in [1.82, 2.24) is 0 Å². The molecule has 0 atom stereocenters. The Hall–Kier alpha value is -3.15. The first-order chi connectivity index (χ1) is 13.3. The van der Waals surface area contributed by atoms with Gasteiger partial charge in [-0.05, 0) is 54.4 Å². The Labute approximate surface area is 165 Å². The molecule has 0 radical (unpaired) electrons. The zero-order valence-electron chi connectivity index (χ0n) is 16.7. The number of nitrogens with zero attached hydrogens (tertiary/aromatic N) is 1. The van der Waals surface area contributed by atoms with E-state index in [1.807, 2.05) is 45.0 Å². The van der Waals surface area contributed by atoms with Gasteiger partial charge < -0.3 is 15.0 Å². The minimum absolute atomic E-state index is 0.0664. The van der Waals surface area contributed by atoms with Crippen molar-refractivity contribution in [3.8, 4) is 0 Å². The van der Waals surface area contributed by atoms with Crippen molar-refractivity contribution in [2.24, 2.45) is 5.92 Å². The molecule has 1 N–H and O–H groups in total. The Bertz CT molecular complexity index is 825. The number of ether oxygens (including phenoxy) is 1. The summed E-state index contributed by atoms with van der Waals surface area (Å²) in [6, 6.07) is 13.5. The number of carbonyl (C=O) groups is 3. The molecular formula is C22H26N2O4. The van der Waals surface area contributed by atoms with E-state index in [4.69, 9.17) is 4.74 Å². The van der Waals surface area contributed by atoms with Crippen LogP contribution in [-0.4, -0.2) is 38.4 Å². The number of ketones is 1. The third-order valence-electron chi connectivity index (χ3n) is 4.04. The van der Waals surface area contributed by atoms with E-state index in [0.29, 0.717) is 23.2 Å². The molecule has 0 saturated carbocycles. The second kappa shape index (κ2) is 9.69. The highest BCUT2D eigenvalue weighted by Gasteiger charge is 2.13. The van der Waals surface area contributed by atoms with Gasteiger partial charge in [0.15, 0.2) is 12.4 Å². The smallest absolute Gasteiger partial charge is 0.338 e. The normalized spacial score (nSPS) is 10.5. The molecule has 0 aromatic heterocycles. The molecule has 0 bridgehead atoms. The summed E-state index contributed by atoms with van der Waals surface area (Å²) in [5.74, 6) is -0.646. The molecule has 0 saturated heterocycles. The molecule has 0 fully saturated rings. The van der Waals surface area contributed by atoms with E-state index in [1.165, 1.54) is 0 Å². The minimum atomic E-state index is -0.545. The molecule has 0 heterocycles. The number of esters is 1. The second-order valence-corrected chi connectivity index (χ2v) is 7.16. The number of rotatable bonds is 8. The lowest BCUT2D eigenvalue weighted by molar-refractivity contribution is -0.116. The molecule has 1 amide bonds. The van der Waals surface area contributed by atoms with Gasteiger partial charge in [0.25, 0.3) is 0 Å². The molecule has 6 heteroatoms. The van der Waals surface area contributed by atoms with Crippen LogP contribution in [-0.2, 0) is 9.53 Å². The van der Waals surface area contributed by atoms with E-state index in [9.17, 15) is 14.4 Å². The minimum Gasteiger partial charge on any atom is -0.454 e. The van der Waals surface area contributed by atoms with Gasteiger partial charge in [-0.15, -0.1) is 0 Å². The van der Waals surface area contributed by atoms with Crippen LogP contribution in [0.2, 0.25) is 0 Å². The predicted molar refractivity (Wildman–Crippen MR) is 110 cm³/mol. The van der Waals surface area contributed by atoms with Crippen LogP contribution in [0.25, 0.3) is 0 Å². The molecule has 0 aliphatic carbocycles. The zero-order chi connectivity index (χ0) is 20.7. The maximum absolute atomic E-state index is 12.2. The lowest BCUT2D eigenvalue weighted by atomic mass is 10.1. The van der Waals surface area contributed by atoms with Crippen LogP contribution in [0, 0.1) is 5.92 Å². The highest BCUT2D eigenvalue weighted by atomic mass is 16.5. The predicted octanol–water partition coefficient (Wildman–Crippen LogP) is 3.78. The highest BCUT2D eigenvalue weighted by molar-refractivity contribution is 6.00. The summed E-state index contributed by atoms with van der Waals surface area (Å²) in [6.45, 7) is 3.60. The van der Waals surface area contributed by atoms with Gasteiger partial charge in [0.1, 0.15) is 0 Å². The molecule has 148 valence electrons. The number of carbonyl (C=O) groups excluding carboxylic acids is 3. The number of benzene rings is 2. The van der Waals surface area contributed by atoms with Crippen molar-refractivity contribution < 1.29 is 19.1 Å². The Kier molecular flexibility index (Phi) is 7.32. The molecule has 0 unspecified atom stereocenters. The van der Waals surface area contributed by atoms with Gasteiger partial charge in [-0.25, -0.2) is 4.79 Å². The van der Waals surface area contributed by atoms with E-state index in [2.05, 4.69) is 5.32 Å². The summed E-state index contributed by atoms with van der Waals surface area (Å²) in [5, 5.41) is 2.78. The van der Waals surface area contributed by atoms with Crippen LogP contribution >= 0.6 is 0 Å². The Morgan fingerprint density at radius 1 is 0.929 bits per heavy atom. The maximum atomic E-state index is 12.2. The number of amides is 1. The van der Waals surface area contributed by atoms with E-state index in [-0.39, 0.29) is 24.2 Å². The number of Topliss-reactive ketones (excluding diaryl/α,β-unsaturated/α-hetero) is 1. The van der Waals surface area contributed by atoms with Crippen LogP contribution in [0.5, 0.6) is 0 Å².